The highest BCUT2D eigenvalue weighted by Gasteiger charge is 2.24. The molecule has 5 nitrogen and oxygen atoms in total. The molecule has 0 fully saturated rings. The van der Waals surface area contributed by atoms with Crippen LogP contribution >= 0.6 is 0 Å². The van der Waals surface area contributed by atoms with Crippen molar-refractivity contribution in [3.63, 3.8) is 0 Å². The van der Waals surface area contributed by atoms with Crippen LogP contribution in [0.3, 0.4) is 0 Å². The third kappa shape index (κ3) is 3.41. The maximum atomic E-state index is 12.7. The topological polar surface area (TPSA) is 58.6 Å². The van der Waals surface area contributed by atoms with E-state index in [1.165, 1.54) is 7.11 Å². The molecule has 0 unspecified atom stereocenters. The number of hydrogen-bond acceptors (Lipinski definition) is 3. The quantitative estimate of drug-likeness (QED) is 0.773. The van der Waals surface area contributed by atoms with E-state index >= 15 is 0 Å². The van der Waals surface area contributed by atoms with Crippen molar-refractivity contribution in [2.75, 3.05) is 30.5 Å². The zero-order valence-corrected chi connectivity index (χ0v) is 15.1. The second kappa shape index (κ2) is 7.21. The predicted molar refractivity (Wildman–Crippen MR) is 106 cm³/mol. The lowest BCUT2D eigenvalue weighted by Crippen LogP contribution is -2.32. The molecule has 0 radical (unpaired) electrons. The molecule has 0 aromatic heterocycles. The third-order valence-electron chi connectivity index (χ3n) is 4.82. The van der Waals surface area contributed by atoms with Crippen LogP contribution in [0.4, 0.5) is 11.4 Å². The van der Waals surface area contributed by atoms with Gasteiger partial charge in [-0.15, -0.1) is 0 Å². The molecule has 1 aliphatic heterocycles. The highest BCUT2D eigenvalue weighted by Crippen LogP contribution is 2.31. The van der Waals surface area contributed by atoms with E-state index < -0.39 is 0 Å². The highest BCUT2D eigenvalue weighted by atomic mass is 16.5. The predicted octanol–water partition coefficient (Wildman–Crippen LogP) is 3.63. The summed E-state index contributed by atoms with van der Waals surface area (Å²) in [6.07, 6.45) is 0.809. The number of benzene rings is 3. The molecule has 3 aromatic carbocycles. The molecule has 27 heavy (non-hydrogen) atoms. The number of anilines is 2. The van der Waals surface area contributed by atoms with E-state index in [4.69, 9.17) is 4.74 Å². The van der Waals surface area contributed by atoms with Gasteiger partial charge >= 0.3 is 0 Å². The van der Waals surface area contributed by atoms with Gasteiger partial charge in [-0.25, -0.2) is 0 Å². The first-order valence-electron chi connectivity index (χ1n) is 8.88. The van der Waals surface area contributed by atoms with Crippen LogP contribution in [0, 0.1) is 0 Å². The Morgan fingerprint density at radius 1 is 1.04 bits per heavy atom. The minimum Gasteiger partial charge on any atom is -0.375 e. The Hall–Kier alpha value is -3.18. The van der Waals surface area contributed by atoms with Crippen LogP contribution < -0.4 is 10.2 Å². The van der Waals surface area contributed by atoms with Gasteiger partial charge in [0, 0.05) is 30.6 Å². The second-order valence-corrected chi connectivity index (χ2v) is 6.59. The maximum Gasteiger partial charge on any atom is 0.255 e. The Labute approximate surface area is 157 Å². The number of ether oxygens (including phenoxy) is 1. The van der Waals surface area contributed by atoms with Gasteiger partial charge in [-0.1, -0.05) is 36.4 Å². The van der Waals surface area contributed by atoms with Crippen LogP contribution in [-0.4, -0.2) is 32.1 Å². The zero-order chi connectivity index (χ0) is 18.8. The lowest BCUT2D eigenvalue weighted by atomic mass is 10.1. The Morgan fingerprint density at radius 3 is 2.67 bits per heavy atom. The van der Waals surface area contributed by atoms with E-state index in [2.05, 4.69) is 5.32 Å². The van der Waals surface area contributed by atoms with E-state index in [0.717, 1.165) is 28.4 Å². The summed E-state index contributed by atoms with van der Waals surface area (Å²) >= 11 is 0. The molecule has 1 aliphatic rings. The average molecular weight is 360 g/mol. The number of carbonyl (C=O) groups excluding carboxylic acids is 2. The van der Waals surface area contributed by atoms with Crippen LogP contribution in [0.5, 0.6) is 0 Å². The number of fused-ring (bicyclic) bond motifs is 2. The van der Waals surface area contributed by atoms with Crippen molar-refractivity contribution < 1.29 is 14.3 Å². The number of nitrogens with one attached hydrogen (secondary N) is 1. The van der Waals surface area contributed by atoms with E-state index in [-0.39, 0.29) is 18.4 Å². The SMILES string of the molecule is COCC(=O)N1CCc2ccc(NC(=O)c3ccc4ccccc4c3)cc21. The van der Waals surface area contributed by atoms with Gasteiger partial charge in [0.25, 0.3) is 11.8 Å². The largest absolute Gasteiger partial charge is 0.375 e. The van der Waals surface area contributed by atoms with Gasteiger partial charge < -0.3 is 15.0 Å². The Bertz CT molecular complexity index is 1030. The molecule has 0 aliphatic carbocycles. The second-order valence-electron chi connectivity index (χ2n) is 6.59. The summed E-state index contributed by atoms with van der Waals surface area (Å²) in [6, 6.07) is 19.3. The minimum absolute atomic E-state index is 0.0487. The summed E-state index contributed by atoms with van der Waals surface area (Å²) < 4.78 is 4.96. The van der Waals surface area contributed by atoms with E-state index in [1.807, 2.05) is 60.7 Å². The van der Waals surface area contributed by atoms with Crippen LogP contribution in [0.2, 0.25) is 0 Å². The maximum absolute atomic E-state index is 12.7. The minimum atomic E-state index is -0.173. The van der Waals surface area contributed by atoms with E-state index in [1.54, 1.807) is 4.90 Å². The summed E-state index contributed by atoms with van der Waals surface area (Å²) in [6.45, 7) is 0.687. The molecule has 0 saturated carbocycles. The summed E-state index contributed by atoms with van der Waals surface area (Å²) in [5.74, 6) is -0.247. The van der Waals surface area contributed by atoms with E-state index in [0.29, 0.717) is 17.8 Å². The molecular weight excluding hydrogens is 340 g/mol. The summed E-state index contributed by atoms with van der Waals surface area (Å²) in [5, 5.41) is 5.06. The van der Waals surface area contributed by atoms with Crippen molar-refractivity contribution in [3.05, 3.63) is 71.8 Å². The van der Waals surface area contributed by atoms with Crippen LogP contribution in [0.1, 0.15) is 15.9 Å². The van der Waals surface area contributed by atoms with Crippen molar-refractivity contribution in [2.24, 2.45) is 0 Å². The first-order chi connectivity index (χ1) is 13.2. The molecule has 0 spiro atoms. The molecule has 1 heterocycles. The molecule has 4 rings (SSSR count). The van der Waals surface area contributed by atoms with Crippen molar-refractivity contribution in [1.82, 2.24) is 0 Å². The van der Waals surface area contributed by atoms with Gasteiger partial charge in [-0.2, -0.15) is 0 Å². The van der Waals surface area contributed by atoms with Crippen LogP contribution in [0.15, 0.2) is 60.7 Å². The summed E-state index contributed by atoms with van der Waals surface area (Å²) in [5.41, 5.74) is 3.21. The fourth-order valence-corrected chi connectivity index (χ4v) is 3.45. The Kier molecular flexibility index (Phi) is 4.60. The summed E-state index contributed by atoms with van der Waals surface area (Å²) in [7, 11) is 1.51. The Morgan fingerprint density at radius 2 is 1.85 bits per heavy atom. The molecule has 5 heteroatoms. The normalized spacial score (nSPS) is 12.9. The third-order valence-corrected chi connectivity index (χ3v) is 4.82. The Balaban J connectivity index is 1.56. The first-order valence-corrected chi connectivity index (χ1v) is 8.88. The van der Waals surface area contributed by atoms with E-state index in [9.17, 15) is 9.59 Å². The zero-order valence-electron chi connectivity index (χ0n) is 15.1. The van der Waals surface area contributed by atoms with Gasteiger partial charge in [0.15, 0.2) is 0 Å². The van der Waals surface area contributed by atoms with Crippen molar-refractivity contribution >= 4 is 34.0 Å². The lowest BCUT2D eigenvalue weighted by Gasteiger charge is -2.17. The fraction of sp³-hybridized carbons (Fsp3) is 0.182. The molecule has 0 bridgehead atoms. The number of rotatable bonds is 4. The number of hydrogen-bond donors (Lipinski definition) is 1. The van der Waals surface area contributed by atoms with Gasteiger partial charge in [-0.3, -0.25) is 9.59 Å². The number of nitrogens with zero attached hydrogens (tertiary/aromatic N) is 1. The first kappa shape index (κ1) is 17.2. The molecule has 0 saturated heterocycles. The smallest absolute Gasteiger partial charge is 0.255 e. The molecule has 3 aromatic rings. The highest BCUT2D eigenvalue weighted by molar-refractivity contribution is 6.07. The van der Waals surface area contributed by atoms with Crippen molar-refractivity contribution in [1.29, 1.82) is 0 Å². The average Bonchev–Trinajstić information content (AvgIpc) is 3.11. The summed E-state index contributed by atoms with van der Waals surface area (Å²) in [4.78, 5) is 26.6. The molecule has 1 N–H and O–H groups in total. The van der Waals surface area contributed by atoms with Crippen LogP contribution in [-0.2, 0) is 16.0 Å². The fourth-order valence-electron chi connectivity index (χ4n) is 3.45. The molecular formula is C22H20N2O3. The van der Waals surface area contributed by atoms with Gasteiger partial charge in [-0.05, 0) is 47.0 Å². The van der Waals surface area contributed by atoms with Crippen LogP contribution in [0.25, 0.3) is 10.8 Å². The number of carbonyl (C=O) groups is 2. The molecule has 2 amide bonds. The van der Waals surface area contributed by atoms with Gasteiger partial charge in [0.05, 0.1) is 0 Å². The monoisotopic (exact) mass is 360 g/mol. The molecule has 0 atom stereocenters. The standard InChI is InChI=1S/C22H20N2O3/c1-27-14-21(25)24-11-10-16-8-9-19(13-20(16)24)23-22(26)18-7-6-15-4-2-3-5-17(15)12-18/h2-9,12-13H,10-11,14H2,1H3,(H,23,26). The van der Waals surface area contributed by atoms with Gasteiger partial charge in [0.2, 0.25) is 0 Å². The lowest BCUT2D eigenvalue weighted by molar-refractivity contribution is -0.122. The van der Waals surface area contributed by atoms with Crippen molar-refractivity contribution in [2.45, 2.75) is 6.42 Å². The number of methoxy groups -OCH3 is 1. The number of amides is 2. The molecule has 136 valence electrons. The van der Waals surface area contributed by atoms with Crippen molar-refractivity contribution in [3.8, 4) is 0 Å². The van der Waals surface area contributed by atoms with Gasteiger partial charge in [0.1, 0.15) is 6.61 Å².